The summed E-state index contributed by atoms with van der Waals surface area (Å²) in [5, 5.41) is 0. The van der Waals surface area contributed by atoms with Gasteiger partial charge in [-0.1, -0.05) is 20.4 Å². The normalized spacial score (nSPS) is 15.2. The summed E-state index contributed by atoms with van der Waals surface area (Å²) in [7, 11) is -0.670. The minimum Gasteiger partial charge on any atom is -0.312 e. The minimum atomic E-state index is -3.32. The second-order valence-corrected chi connectivity index (χ2v) is 6.85. The molecule has 0 aromatic heterocycles. The van der Waals surface area contributed by atoms with Crippen LogP contribution in [0.5, 0.6) is 0 Å². The molecule has 0 saturated heterocycles. The molecule has 0 amide bonds. The van der Waals surface area contributed by atoms with Crippen LogP contribution in [0.4, 0.5) is 0 Å². The Morgan fingerprint density at radius 1 is 1.39 bits per heavy atom. The fraction of sp³-hybridized carbons (Fsp3) is 0.750. The van der Waals surface area contributed by atoms with E-state index >= 15 is 0 Å². The molecule has 18 heavy (non-hydrogen) atoms. The van der Waals surface area contributed by atoms with E-state index in [4.69, 9.17) is 20.6 Å². The van der Waals surface area contributed by atoms with Crippen LogP contribution in [0.25, 0.3) is 0 Å². The highest BCUT2D eigenvalue weighted by molar-refractivity contribution is 7.54. The third-order valence-electron chi connectivity index (χ3n) is 2.92. The number of rotatable bonds is 9. The Kier molecular flexibility index (Phi) is 8.04. The highest BCUT2D eigenvalue weighted by Crippen LogP contribution is 2.57. The third kappa shape index (κ3) is 4.51. The zero-order chi connectivity index (χ0) is 14.3. The summed E-state index contributed by atoms with van der Waals surface area (Å²) in [6.07, 6.45) is 0.766. The van der Waals surface area contributed by atoms with Crippen LogP contribution in [0, 0.1) is 5.92 Å². The lowest BCUT2D eigenvalue weighted by molar-refractivity contribution is -0.119. The maximum Gasteiger partial charge on any atom is 0.337 e. The molecule has 0 aliphatic carbocycles. The van der Waals surface area contributed by atoms with Crippen molar-refractivity contribution in [2.75, 3.05) is 20.1 Å². The van der Waals surface area contributed by atoms with Crippen LogP contribution in [-0.2, 0) is 18.4 Å². The van der Waals surface area contributed by atoms with Crippen molar-refractivity contribution in [1.82, 2.24) is 0 Å². The number of alkyl halides is 1. The summed E-state index contributed by atoms with van der Waals surface area (Å²) in [6.45, 7) is 7.45. The minimum absolute atomic E-state index is 0.105. The average Bonchev–Trinajstić information content (AvgIpc) is 2.37. The summed E-state index contributed by atoms with van der Waals surface area (Å²) in [5.41, 5.74) is 0.0144. The average molecular weight is 297 g/mol. The maximum absolute atomic E-state index is 12.5. The molecule has 0 aromatic carbocycles. The maximum atomic E-state index is 12.5. The summed E-state index contributed by atoms with van der Waals surface area (Å²) in [4.78, 5) is 11.5. The van der Waals surface area contributed by atoms with Crippen molar-refractivity contribution in [3.63, 3.8) is 0 Å². The van der Waals surface area contributed by atoms with Gasteiger partial charge in [-0.05, 0) is 11.5 Å². The van der Waals surface area contributed by atoms with Gasteiger partial charge in [0.2, 0.25) is 0 Å². The molecule has 0 saturated carbocycles. The Morgan fingerprint density at radius 3 is 2.22 bits per heavy atom. The molecule has 106 valence electrons. The first-order valence-electron chi connectivity index (χ1n) is 5.82. The highest BCUT2D eigenvalue weighted by atomic mass is 35.5. The first-order valence-corrected chi connectivity index (χ1v) is 7.97. The van der Waals surface area contributed by atoms with Crippen LogP contribution < -0.4 is 0 Å². The van der Waals surface area contributed by atoms with Crippen LogP contribution in [0.1, 0.15) is 26.7 Å². The van der Waals surface area contributed by atoms with E-state index in [1.54, 1.807) is 6.92 Å². The number of allylic oxidation sites excluding steroid dienone is 1. The van der Waals surface area contributed by atoms with Crippen LogP contribution >= 0.6 is 19.2 Å². The van der Waals surface area contributed by atoms with Gasteiger partial charge in [0.05, 0.1) is 5.66 Å². The molecule has 0 aromatic rings. The van der Waals surface area contributed by atoms with E-state index in [2.05, 4.69) is 6.58 Å². The second kappa shape index (κ2) is 8.11. The molecular weight excluding hydrogens is 275 g/mol. The van der Waals surface area contributed by atoms with Crippen molar-refractivity contribution < 1.29 is 18.4 Å². The molecule has 0 aliphatic rings. The monoisotopic (exact) mass is 296 g/mol. The quantitative estimate of drug-likeness (QED) is 0.370. The number of hydrogen-bond donors (Lipinski definition) is 0. The Morgan fingerprint density at radius 2 is 1.89 bits per heavy atom. The van der Waals surface area contributed by atoms with Crippen LogP contribution in [0.2, 0.25) is 0 Å². The standard InChI is InChI=1S/C12H22ClO4P/c1-6-11(14)7-9(2)12(10(3)8-13)18(15,16-4)17-5/h9,12H,3,6-8H2,1-2,4-5H3/t9-,12+/m1/s1. The van der Waals surface area contributed by atoms with Gasteiger partial charge in [0.15, 0.2) is 0 Å². The Labute approximate surface area is 114 Å². The van der Waals surface area contributed by atoms with Crippen molar-refractivity contribution >= 4 is 25.0 Å². The molecule has 4 nitrogen and oxygen atoms in total. The Hall–Kier alpha value is -0.150. The summed E-state index contributed by atoms with van der Waals surface area (Å²) in [5.74, 6) is 0.0783. The summed E-state index contributed by atoms with van der Waals surface area (Å²) >= 11 is 5.76. The first-order chi connectivity index (χ1) is 8.36. The van der Waals surface area contributed by atoms with Gasteiger partial charge < -0.3 is 9.05 Å². The zero-order valence-electron chi connectivity index (χ0n) is 11.4. The van der Waals surface area contributed by atoms with E-state index < -0.39 is 13.3 Å². The number of Topliss-reactive ketones (excluding diaryl/α,β-unsaturated/α-hetero) is 1. The lowest BCUT2D eigenvalue weighted by atomic mass is 9.96. The third-order valence-corrected chi connectivity index (χ3v) is 5.84. The van der Waals surface area contributed by atoms with Crippen LogP contribution in [-0.4, -0.2) is 31.5 Å². The number of halogens is 1. The molecule has 0 heterocycles. The molecule has 6 heteroatoms. The molecule has 0 rings (SSSR count). The molecule has 0 radical (unpaired) electrons. The van der Waals surface area contributed by atoms with Gasteiger partial charge >= 0.3 is 7.60 Å². The molecule has 0 aliphatic heterocycles. The number of carbonyl (C=O) groups is 1. The first kappa shape index (κ1) is 17.8. The van der Waals surface area contributed by atoms with Crippen molar-refractivity contribution in [2.45, 2.75) is 32.3 Å². The fourth-order valence-corrected chi connectivity index (χ4v) is 4.08. The van der Waals surface area contributed by atoms with Gasteiger partial charge in [-0.3, -0.25) is 9.36 Å². The van der Waals surface area contributed by atoms with Gasteiger partial charge in [0.1, 0.15) is 5.78 Å². The van der Waals surface area contributed by atoms with E-state index in [1.165, 1.54) is 14.2 Å². The predicted molar refractivity (Wildman–Crippen MR) is 74.4 cm³/mol. The second-order valence-electron chi connectivity index (χ2n) is 4.22. The molecule has 0 bridgehead atoms. The highest BCUT2D eigenvalue weighted by Gasteiger charge is 2.40. The molecule has 2 atom stereocenters. The van der Waals surface area contributed by atoms with E-state index in [1.807, 2.05) is 6.92 Å². The largest absolute Gasteiger partial charge is 0.337 e. The summed E-state index contributed by atoms with van der Waals surface area (Å²) in [6, 6.07) is 0. The Bertz CT molecular complexity index is 335. The zero-order valence-corrected chi connectivity index (χ0v) is 13.1. The van der Waals surface area contributed by atoms with Gasteiger partial charge in [-0.25, -0.2) is 0 Å². The lowest BCUT2D eigenvalue weighted by Gasteiger charge is -2.30. The van der Waals surface area contributed by atoms with E-state index in [-0.39, 0.29) is 17.6 Å². The molecular formula is C12H22ClO4P. The van der Waals surface area contributed by atoms with E-state index in [0.717, 1.165) is 0 Å². The van der Waals surface area contributed by atoms with Gasteiger partial charge in [0, 0.05) is 32.9 Å². The fourth-order valence-electron chi connectivity index (χ4n) is 1.93. The van der Waals surface area contributed by atoms with Crippen molar-refractivity contribution in [3.05, 3.63) is 12.2 Å². The molecule has 0 spiro atoms. The van der Waals surface area contributed by atoms with Gasteiger partial charge in [-0.2, -0.15) is 0 Å². The SMILES string of the molecule is C=C(CCl)[C@H]([C@H](C)CC(=O)CC)P(=O)(OC)OC. The molecule has 0 N–H and O–H groups in total. The van der Waals surface area contributed by atoms with Crippen molar-refractivity contribution in [3.8, 4) is 0 Å². The predicted octanol–water partition coefficient (Wildman–Crippen LogP) is 3.64. The van der Waals surface area contributed by atoms with Crippen LogP contribution in [0.15, 0.2) is 12.2 Å². The topological polar surface area (TPSA) is 52.6 Å². The van der Waals surface area contributed by atoms with E-state index in [0.29, 0.717) is 18.4 Å². The molecule has 0 fully saturated rings. The summed E-state index contributed by atoms with van der Waals surface area (Å²) < 4.78 is 22.5. The number of hydrogen-bond acceptors (Lipinski definition) is 4. The number of ketones is 1. The Balaban J connectivity index is 5.17. The van der Waals surface area contributed by atoms with Crippen molar-refractivity contribution in [2.24, 2.45) is 5.92 Å². The van der Waals surface area contributed by atoms with Gasteiger partial charge in [-0.15, -0.1) is 11.6 Å². The van der Waals surface area contributed by atoms with Gasteiger partial charge in [0.25, 0.3) is 0 Å². The molecule has 0 unspecified atom stereocenters. The van der Waals surface area contributed by atoms with E-state index in [9.17, 15) is 9.36 Å². The van der Waals surface area contributed by atoms with Crippen LogP contribution in [0.3, 0.4) is 0 Å². The lowest BCUT2D eigenvalue weighted by Crippen LogP contribution is -2.25. The smallest absolute Gasteiger partial charge is 0.312 e. The van der Waals surface area contributed by atoms with Crippen molar-refractivity contribution in [1.29, 1.82) is 0 Å². The number of carbonyl (C=O) groups excluding carboxylic acids is 1.